The summed E-state index contributed by atoms with van der Waals surface area (Å²) in [5.74, 6) is 0.671. The number of piperidine rings is 1. The molecule has 0 N–H and O–H groups in total. The largest absolute Gasteiger partial charge is 0.337 e. The van der Waals surface area contributed by atoms with Gasteiger partial charge in [0.15, 0.2) is 0 Å². The normalized spacial score (nSPS) is 25.5. The van der Waals surface area contributed by atoms with Gasteiger partial charge < -0.3 is 9.80 Å². The summed E-state index contributed by atoms with van der Waals surface area (Å²) < 4.78 is 0. The smallest absolute Gasteiger partial charge is 0.0483 e. The third-order valence-corrected chi connectivity index (χ3v) is 6.15. The van der Waals surface area contributed by atoms with Crippen LogP contribution < -0.4 is 4.90 Å². The van der Waals surface area contributed by atoms with E-state index in [0.29, 0.717) is 12.0 Å². The van der Waals surface area contributed by atoms with Gasteiger partial charge in [-0.15, -0.1) is 0 Å². The first-order chi connectivity index (χ1) is 11.4. The maximum atomic E-state index is 2.71. The molecular weight excluding hydrogens is 280 g/mol. The Labute approximate surface area is 138 Å². The molecule has 0 aromatic heterocycles. The van der Waals surface area contributed by atoms with Gasteiger partial charge in [-0.05, 0) is 48.6 Å². The molecule has 23 heavy (non-hydrogen) atoms. The standard InChI is InChI=1S/C21H24N2/c1-2-22-13-12-20-18(14-22)17-8-5-7-16-11-10-15-6-3-4-9-19(15)23(20)21(16)17/h3-9,18,20H,2,10-14H2,1H3. The number of hydrogen-bond donors (Lipinski definition) is 0. The molecule has 2 heteroatoms. The molecule has 0 bridgehead atoms. The average molecular weight is 304 g/mol. The Morgan fingerprint density at radius 3 is 2.74 bits per heavy atom. The van der Waals surface area contributed by atoms with Gasteiger partial charge in [0.1, 0.15) is 0 Å². The molecule has 5 rings (SSSR count). The van der Waals surface area contributed by atoms with Crippen LogP contribution in [0.25, 0.3) is 0 Å². The van der Waals surface area contributed by atoms with Crippen molar-refractivity contribution in [2.45, 2.75) is 38.1 Å². The van der Waals surface area contributed by atoms with Crippen molar-refractivity contribution in [3.8, 4) is 0 Å². The van der Waals surface area contributed by atoms with Crippen LogP contribution in [0.3, 0.4) is 0 Å². The zero-order valence-corrected chi connectivity index (χ0v) is 13.8. The quantitative estimate of drug-likeness (QED) is 0.782. The molecule has 3 aliphatic heterocycles. The van der Waals surface area contributed by atoms with E-state index in [4.69, 9.17) is 0 Å². The van der Waals surface area contributed by atoms with Crippen LogP contribution in [0, 0.1) is 0 Å². The Balaban J connectivity index is 1.70. The first-order valence-electron chi connectivity index (χ1n) is 9.08. The number of para-hydroxylation sites is 2. The van der Waals surface area contributed by atoms with E-state index in [1.807, 2.05) is 0 Å². The lowest BCUT2D eigenvalue weighted by molar-refractivity contribution is 0.206. The fourth-order valence-corrected chi connectivity index (χ4v) is 5.01. The molecule has 2 unspecified atom stereocenters. The number of likely N-dealkylation sites (tertiary alicyclic amines) is 1. The van der Waals surface area contributed by atoms with Gasteiger partial charge >= 0.3 is 0 Å². The van der Waals surface area contributed by atoms with Crippen molar-refractivity contribution in [3.05, 3.63) is 59.2 Å². The van der Waals surface area contributed by atoms with Crippen LogP contribution in [0.2, 0.25) is 0 Å². The van der Waals surface area contributed by atoms with E-state index in [1.165, 1.54) is 50.1 Å². The van der Waals surface area contributed by atoms with Crippen LogP contribution in [0.15, 0.2) is 42.5 Å². The lowest BCUT2D eigenvalue weighted by Gasteiger charge is -2.39. The molecule has 2 atom stereocenters. The van der Waals surface area contributed by atoms with Crippen molar-refractivity contribution in [3.63, 3.8) is 0 Å². The van der Waals surface area contributed by atoms with Gasteiger partial charge in [-0.2, -0.15) is 0 Å². The van der Waals surface area contributed by atoms with Crippen molar-refractivity contribution < 1.29 is 0 Å². The van der Waals surface area contributed by atoms with E-state index < -0.39 is 0 Å². The minimum absolute atomic E-state index is 0.646. The summed E-state index contributed by atoms with van der Waals surface area (Å²) in [5.41, 5.74) is 7.69. The number of aryl methyl sites for hydroxylation is 2. The van der Waals surface area contributed by atoms with Gasteiger partial charge in [0.25, 0.3) is 0 Å². The lowest BCUT2D eigenvalue weighted by atomic mass is 9.87. The van der Waals surface area contributed by atoms with Crippen LogP contribution in [0.4, 0.5) is 11.4 Å². The fraction of sp³-hybridized carbons (Fsp3) is 0.429. The number of likely N-dealkylation sites (N-methyl/N-ethyl adjacent to an activating group) is 1. The third-order valence-electron chi connectivity index (χ3n) is 6.15. The average Bonchev–Trinajstić information content (AvgIpc) is 2.83. The van der Waals surface area contributed by atoms with Crippen molar-refractivity contribution >= 4 is 11.4 Å². The minimum atomic E-state index is 0.646. The second-order valence-electron chi connectivity index (χ2n) is 7.21. The van der Waals surface area contributed by atoms with Gasteiger partial charge in [-0.1, -0.05) is 43.3 Å². The van der Waals surface area contributed by atoms with Crippen LogP contribution in [-0.2, 0) is 12.8 Å². The molecular formula is C21H24N2. The highest BCUT2D eigenvalue weighted by atomic mass is 15.2. The minimum Gasteiger partial charge on any atom is -0.337 e. The van der Waals surface area contributed by atoms with E-state index >= 15 is 0 Å². The number of hydrogen-bond acceptors (Lipinski definition) is 2. The Kier molecular flexibility index (Phi) is 3.02. The van der Waals surface area contributed by atoms with Crippen LogP contribution >= 0.6 is 0 Å². The van der Waals surface area contributed by atoms with Crippen molar-refractivity contribution in [1.82, 2.24) is 4.90 Å². The predicted molar refractivity (Wildman–Crippen MR) is 95.7 cm³/mol. The number of benzene rings is 2. The zero-order chi connectivity index (χ0) is 15.4. The first-order valence-corrected chi connectivity index (χ1v) is 9.08. The maximum Gasteiger partial charge on any atom is 0.0483 e. The molecule has 1 saturated heterocycles. The number of anilines is 2. The summed E-state index contributed by atoms with van der Waals surface area (Å²) in [6, 6.07) is 16.8. The van der Waals surface area contributed by atoms with E-state index in [9.17, 15) is 0 Å². The highest BCUT2D eigenvalue weighted by Gasteiger charge is 2.44. The number of fused-ring (bicyclic) bond motifs is 5. The number of nitrogens with zero attached hydrogens (tertiary/aromatic N) is 2. The zero-order valence-electron chi connectivity index (χ0n) is 13.8. The van der Waals surface area contributed by atoms with Gasteiger partial charge in [-0.25, -0.2) is 0 Å². The van der Waals surface area contributed by atoms with E-state index in [0.717, 1.165) is 0 Å². The highest BCUT2D eigenvalue weighted by molar-refractivity contribution is 5.79. The summed E-state index contributed by atoms with van der Waals surface area (Å²) in [6.45, 7) is 5.92. The second-order valence-corrected chi connectivity index (χ2v) is 7.21. The summed E-state index contributed by atoms with van der Waals surface area (Å²) in [5, 5.41) is 0. The second kappa shape index (κ2) is 5.10. The molecule has 0 radical (unpaired) electrons. The van der Waals surface area contributed by atoms with E-state index in [2.05, 4.69) is 59.2 Å². The van der Waals surface area contributed by atoms with Crippen molar-refractivity contribution in [2.24, 2.45) is 0 Å². The summed E-state index contributed by atoms with van der Waals surface area (Å²) in [4.78, 5) is 5.34. The molecule has 0 amide bonds. The van der Waals surface area contributed by atoms with Crippen molar-refractivity contribution in [2.75, 3.05) is 24.5 Å². The molecule has 1 fully saturated rings. The maximum absolute atomic E-state index is 2.71. The Bertz CT molecular complexity index is 751. The molecule has 0 aliphatic carbocycles. The SMILES string of the molecule is CCN1CCC2C(C1)c1cccc3c1N2c1ccccc1CC3. The summed E-state index contributed by atoms with van der Waals surface area (Å²) >= 11 is 0. The lowest BCUT2D eigenvalue weighted by Crippen LogP contribution is -2.44. The van der Waals surface area contributed by atoms with Crippen LogP contribution in [-0.4, -0.2) is 30.6 Å². The predicted octanol–water partition coefficient (Wildman–Crippen LogP) is 4.11. The van der Waals surface area contributed by atoms with E-state index in [-0.39, 0.29) is 0 Å². The van der Waals surface area contributed by atoms with Crippen LogP contribution in [0.1, 0.15) is 36.0 Å². The van der Waals surface area contributed by atoms with Gasteiger partial charge in [0.2, 0.25) is 0 Å². The summed E-state index contributed by atoms with van der Waals surface area (Å²) in [6.07, 6.45) is 3.62. The topological polar surface area (TPSA) is 6.48 Å². The monoisotopic (exact) mass is 304 g/mol. The van der Waals surface area contributed by atoms with E-state index in [1.54, 1.807) is 16.8 Å². The molecule has 3 aliphatic rings. The van der Waals surface area contributed by atoms with Crippen molar-refractivity contribution in [1.29, 1.82) is 0 Å². The summed E-state index contributed by atoms with van der Waals surface area (Å²) in [7, 11) is 0. The number of rotatable bonds is 1. The molecule has 0 spiro atoms. The van der Waals surface area contributed by atoms with Crippen LogP contribution in [0.5, 0.6) is 0 Å². The molecule has 118 valence electrons. The van der Waals surface area contributed by atoms with Gasteiger partial charge in [0, 0.05) is 36.4 Å². The molecule has 2 aromatic rings. The molecule has 3 heterocycles. The van der Waals surface area contributed by atoms with Gasteiger partial charge in [0.05, 0.1) is 0 Å². The molecule has 2 nitrogen and oxygen atoms in total. The fourth-order valence-electron chi connectivity index (χ4n) is 5.01. The molecule has 0 saturated carbocycles. The molecule has 2 aromatic carbocycles. The third kappa shape index (κ3) is 1.91. The highest BCUT2D eigenvalue weighted by Crippen LogP contribution is 2.52. The Hall–Kier alpha value is -1.80. The first kappa shape index (κ1) is 13.6. The Morgan fingerprint density at radius 2 is 1.83 bits per heavy atom. The van der Waals surface area contributed by atoms with Gasteiger partial charge in [-0.3, -0.25) is 0 Å². The Morgan fingerprint density at radius 1 is 1.00 bits per heavy atom.